The number of nitrogens with zero attached hydrogens (tertiary/aromatic N) is 1. The Morgan fingerprint density at radius 3 is 2.12 bits per heavy atom. The van der Waals surface area contributed by atoms with Gasteiger partial charge in [-0.1, -0.05) is 30.3 Å². The first-order valence-corrected chi connectivity index (χ1v) is 20.6. The molecule has 1 aromatic carbocycles. The van der Waals surface area contributed by atoms with Crippen LogP contribution in [0.4, 0.5) is 0 Å². The molecule has 1 aromatic rings. The van der Waals surface area contributed by atoms with Crippen molar-refractivity contribution < 1.29 is 63.7 Å². The van der Waals surface area contributed by atoms with Crippen LogP contribution in [0.15, 0.2) is 30.3 Å². The molecule has 0 aromatic heterocycles. The molecule has 1 saturated carbocycles. The van der Waals surface area contributed by atoms with Crippen molar-refractivity contribution in [3.63, 3.8) is 0 Å². The Morgan fingerprint density at radius 1 is 0.949 bits per heavy atom. The van der Waals surface area contributed by atoms with E-state index in [0.29, 0.717) is 18.4 Å². The first-order valence-electron chi connectivity index (χ1n) is 19.7. The number of carboxylic acids is 2. The minimum atomic E-state index is -1.44. The first-order chi connectivity index (χ1) is 27.6. The van der Waals surface area contributed by atoms with Gasteiger partial charge in [-0.25, -0.2) is 4.79 Å². The summed E-state index contributed by atoms with van der Waals surface area (Å²) >= 11 is 1.29. The number of nitrogens with one attached hydrogen (secondary N) is 3. The van der Waals surface area contributed by atoms with E-state index >= 15 is 0 Å². The van der Waals surface area contributed by atoms with Gasteiger partial charge < -0.3 is 82.5 Å². The van der Waals surface area contributed by atoms with Crippen LogP contribution in [-0.4, -0.2) is 176 Å². The van der Waals surface area contributed by atoms with E-state index < -0.39 is 113 Å². The van der Waals surface area contributed by atoms with E-state index in [0.717, 1.165) is 6.42 Å². The third-order valence-electron chi connectivity index (χ3n) is 11.9. The second kappa shape index (κ2) is 18.9. The molecule has 0 bridgehead atoms. The summed E-state index contributed by atoms with van der Waals surface area (Å²) in [7, 11) is 3.49. The van der Waals surface area contributed by atoms with Crippen LogP contribution in [0, 0.1) is 0 Å². The average Bonchev–Trinajstić information content (AvgIpc) is 3.43. The number of carbonyl (C=O) groups is 4. The molecule has 4 heterocycles. The highest BCUT2D eigenvalue weighted by Gasteiger charge is 2.64. The molecule has 17 atom stereocenters. The molecule has 20 nitrogen and oxygen atoms in total. The zero-order chi connectivity index (χ0) is 43.7. The number of β-lactam (4-membered cyclic amide) rings is 1. The van der Waals surface area contributed by atoms with Gasteiger partial charge in [-0.05, 0) is 66.6 Å². The highest BCUT2D eigenvalue weighted by atomic mass is 32.2. The van der Waals surface area contributed by atoms with E-state index in [1.807, 2.05) is 14.0 Å². The predicted octanol–water partition coefficient (Wildman–Crippen LogP) is -2.84. The Bertz CT molecular complexity index is 1650. The number of ether oxygens (including phenoxy) is 4. The molecular weight excluding hydrogens is 795 g/mol. The van der Waals surface area contributed by atoms with Crippen LogP contribution in [0.3, 0.4) is 0 Å². The number of benzene rings is 1. The average molecular weight is 856 g/mol. The molecule has 0 spiro atoms. The quantitative estimate of drug-likeness (QED) is 0.0745. The normalized spacial score (nSPS) is 40.1. The Morgan fingerprint density at radius 2 is 1.56 bits per heavy atom. The van der Waals surface area contributed by atoms with Crippen LogP contribution in [0.25, 0.3) is 0 Å². The van der Waals surface area contributed by atoms with Gasteiger partial charge in [0.25, 0.3) is 0 Å². The number of fused-ring (bicyclic) bond motifs is 1. The fourth-order valence-corrected chi connectivity index (χ4v) is 10.1. The van der Waals surface area contributed by atoms with Gasteiger partial charge in [-0.2, -0.15) is 0 Å². The van der Waals surface area contributed by atoms with E-state index in [2.05, 4.69) is 16.0 Å². The number of carbonyl (C=O) groups excluding carboxylic acids is 2. The van der Waals surface area contributed by atoms with Gasteiger partial charge in [0.1, 0.15) is 47.5 Å². The van der Waals surface area contributed by atoms with E-state index in [9.17, 15) is 44.7 Å². The summed E-state index contributed by atoms with van der Waals surface area (Å²) in [4.78, 5) is 49.2. The standard InChI is InChI=1S/C21H43N5O7.C17H18N2O6S/c1-9(25-3)13-6-5-10(22)19(31-13)32-16-11(23)7-12(24)17(14(16)27)33-20-15(28)18(26-4)21(2,29)8-30-20;1-17(2)11(16(24)25)19-13(21)10(14(19)26-17)18-12(20)9(15(22)23)8-6-4-3-5-7-8/h9-20,25-29H,5-8,22-24H2,1-4H3;3-7,9-11,14H,1-2H3,(H,18,20)(H,22,23)(H,24,25)/t9?,10-,11+,12-,13+,14+,15-,16-,17+,18-,19-,20-,21+;9?,10-,11+,14-/m11/s1. The zero-order valence-electron chi connectivity index (χ0n) is 34.0. The SMILES string of the molecule is CC1(C)S[C@@H]2[C@H](NC(=O)C(C(=O)O)c3ccccc3)C(=O)N2[C@H]1C(=O)O.CNC(C)[C@@H]1CC[C@@H](N)[C@@H](O[C@H]2[C@H](O)[C@@H](O[C@H]3OC[C@](C)(O)[C@H](NC)[C@H]3O)[C@H](N)C[C@@H]2N)O1. The number of amides is 2. The van der Waals surface area contributed by atoms with Gasteiger partial charge in [0.2, 0.25) is 11.8 Å². The predicted molar refractivity (Wildman–Crippen MR) is 212 cm³/mol. The maximum Gasteiger partial charge on any atom is 0.327 e. The molecule has 4 aliphatic heterocycles. The number of aliphatic hydroxyl groups excluding tert-OH is 2. The van der Waals surface area contributed by atoms with E-state index in [-0.39, 0.29) is 24.8 Å². The molecule has 2 unspecified atom stereocenters. The summed E-state index contributed by atoms with van der Waals surface area (Å²) < 4.78 is 23.0. The van der Waals surface area contributed by atoms with Gasteiger partial charge in [0, 0.05) is 22.9 Å². The number of aliphatic hydroxyl groups is 3. The zero-order valence-corrected chi connectivity index (χ0v) is 34.9. The third kappa shape index (κ3) is 9.88. The van der Waals surface area contributed by atoms with Crippen molar-refractivity contribution in [2.75, 3.05) is 20.7 Å². The van der Waals surface area contributed by atoms with Crippen molar-refractivity contribution in [3.05, 3.63) is 35.9 Å². The fraction of sp³-hybridized carbons (Fsp3) is 0.737. The Balaban J connectivity index is 0.000000230. The lowest BCUT2D eigenvalue weighted by Gasteiger charge is -2.48. The highest BCUT2D eigenvalue weighted by molar-refractivity contribution is 8.01. The molecule has 4 saturated heterocycles. The van der Waals surface area contributed by atoms with Gasteiger partial charge in [0.15, 0.2) is 18.5 Å². The molecule has 5 aliphatic rings. The number of likely N-dealkylation sites (N-methyl/N-ethyl adjacent to an activating group) is 2. The summed E-state index contributed by atoms with van der Waals surface area (Å²) in [5.41, 5.74) is 17.8. The lowest BCUT2D eigenvalue weighted by Crippen LogP contribution is -2.71. The van der Waals surface area contributed by atoms with Gasteiger partial charge in [0.05, 0.1) is 24.8 Å². The molecule has 332 valence electrons. The van der Waals surface area contributed by atoms with E-state index in [4.69, 9.17) is 36.1 Å². The summed E-state index contributed by atoms with van der Waals surface area (Å²) in [6, 6.07) is 3.99. The summed E-state index contributed by atoms with van der Waals surface area (Å²) in [6.07, 6.45) is -4.22. The minimum Gasteiger partial charge on any atom is -0.480 e. The van der Waals surface area contributed by atoms with Crippen LogP contribution < -0.4 is 33.2 Å². The second-order valence-electron chi connectivity index (χ2n) is 16.7. The molecule has 6 rings (SSSR count). The molecule has 2 amide bonds. The van der Waals surface area contributed by atoms with Crippen LogP contribution in [0.1, 0.15) is 58.4 Å². The molecule has 59 heavy (non-hydrogen) atoms. The van der Waals surface area contributed by atoms with Crippen LogP contribution in [-0.2, 0) is 38.1 Å². The van der Waals surface area contributed by atoms with Crippen LogP contribution in [0.5, 0.6) is 0 Å². The molecule has 0 radical (unpaired) electrons. The molecular formula is C38H61N7O13S. The van der Waals surface area contributed by atoms with Crippen molar-refractivity contribution in [2.24, 2.45) is 17.2 Å². The maximum absolute atomic E-state index is 12.5. The lowest BCUT2D eigenvalue weighted by molar-refractivity contribution is -0.307. The van der Waals surface area contributed by atoms with Gasteiger partial charge in [-0.15, -0.1) is 11.8 Å². The lowest BCUT2D eigenvalue weighted by atomic mass is 9.84. The van der Waals surface area contributed by atoms with Crippen molar-refractivity contribution in [2.45, 2.75) is 154 Å². The topological polar surface area (TPSA) is 324 Å². The Kier molecular flexibility index (Phi) is 15.1. The number of hydrogen-bond donors (Lipinski definition) is 11. The monoisotopic (exact) mass is 855 g/mol. The minimum absolute atomic E-state index is 0.0620. The third-order valence-corrected chi connectivity index (χ3v) is 13.4. The smallest absolute Gasteiger partial charge is 0.327 e. The van der Waals surface area contributed by atoms with Crippen molar-refractivity contribution in [1.82, 2.24) is 20.9 Å². The largest absolute Gasteiger partial charge is 0.480 e. The van der Waals surface area contributed by atoms with Crippen LogP contribution >= 0.6 is 11.8 Å². The number of hydrogen-bond acceptors (Lipinski definition) is 17. The Hall–Kier alpha value is -3.03. The molecule has 21 heteroatoms. The Labute approximate surface area is 347 Å². The summed E-state index contributed by atoms with van der Waals surface area (Å²) in [6.45, 7) is 6.98. The number of aliphatic carboxylic acids is 2. The number of carboxylic acid groups (broad SMARTS) is 2. The van der Waals surface area contributed by atoms with Crippen LogP contribution in [0.2, 0.25) is 0 Å². The summed E-state index contributed by atoms with van der Waals surface area (Å²) in [5.74, 6) is -5.16. The molecule has 5 fully saturated rings. The fourth-order valence-electron chi connectivity index (χ4n) is 8.47. The van der Waals surface area contributed by atoms with E-state index in [1.54, 1.807) is 46.0 Å². The van der Waals surface area contributed by atoms with Gasteiger partial charge >= 0.3 is 11.9 Å². The van der Waals surface area contributed by atoms with Gasteiger partial charge in [-0.3, -0.25) is 14.4 Å². The first kappa shape index (κ1) is 47.0. The number of nitrogens with two attached hydrogens (primary N) is 3. The van der Waals surface area contributed by atoms with Crippen molar-refractivity contribution in [1.29, 1.82) is 0 Å². The highest BCUT2D eigenvalue weighted by Crippen LogP contribution is 2.51. The second-order valence-corrected chi connectivity index (χ2v) is 18.4. The van der Waals surface area contributed by atoms with Crippen molar-refractivity contribution in [3.8, 4) is 0 Å². The molecule has 1 aliphatic carbocycles. The van der Waals surface area contributed by atoms with Crippen molar-refractivity contribution >= 4 is 35.5 Å². The number of rotatable bonds is 12. The summed E-state index contributed by atoms with van der Waals surface area (Å²) in [5, 5.41) is 59.1. The number of thioether (sulfide) groups is 1. The molecule has 14 N–H and O–H groups in total. The maximum atomic E-state index is 12.5. The van der Waals surface area contributed by atoms with E-state index in [1.165, 1.54) is 28.8 Å².